The topological polar surface area (TPSA) is 51.2 Å². The molecule has 1 amide bonds. The minimum Gasteiger partial charge on any atom is -0.447 e. The van der Waals surface area contributed by atoms with Crippen LogP contribution >= 0.6 is 15.9 Å². The molecule has 0 aliphatic heterocycles. The van der Waals surface area contributed by atoms with Gasteiger partial charge in [0.25, 0.3) is 0 Å². The maximum atomic E-state index is 11.2. The summed E-state index contributed by atoms with van der Waals surface area (Å²) in [5.74, 6) is 0.457. The standard InChI is InChI=1S/C9H11BrN2O2/c1-6(2)14-9(13)12-8-7(10)4-3-5-11-8/h3-6H,1-2H3,(H,11,12,13). The van der Waals surface area contributed by atoms with Crippen LogP contribution in [0.2, 0.25) is 0 Å². The highest BCUT2D eigenvalue weighted by molar-refractivity contribution is 9.10. The molecule has 0 aliphatic carbocycles. The summed E-state index contributed by atoms with van der Waals surface area (Å²) < 4.78 is 5.62. The highest BCUT2D eigenvalue weighted by atomic mass is 79.9. The molecule has 14 heavy (non-hydrogen) atoms. The number of nitrogens with zero attached hydrogens (tertiary/aromatic N) is 1. The van der Waals surface area contributed by atoms with Gasteiger partial charge in [-0.25, -0.2) is 9.78 Å². The number of carbonyl (C=O) groups excluding carboxylic acids is 1. The fourth-order valence-corrected chi connectivity index (χ4v) is 1.17. The van der Waals surface area contributed by atoms with Gasteiger partial charge in [0.1, 0.15) is 5.82 Å². The lowest BCUT2D eigenvalue weighted by atomic mass is 10.4. The number of carbonyl (C=O) groups is 1. The largest absolute Gasteiger partial charge is 0.447 e. The van der Waals surface area contributed by atoms with Crippen LogP contribution in [0.1, 0.15) is 13.8 Å². The molecule has 0 aliphatic rings. The molecule has 1 aromatic heterocycles. The third-order valence-electron chi connectivity index (χ3n) is 1.32. The summed E-state index contributed by atoms with van der Waals surface area (Å²) in [6, 6.07) is 3.56. The maximum absolute atomic E-state index is 11.2. The zero-order valence-corrected chi connectivity index (χ0v) is 9.54. The average Bonchev–Trinajstić information content (AvgIpc) is 2.07. The van der Waals surface area contributed by atoms with E-state index in [1.165, 1.54) is 0 Å². The Labute approximate surface area is 90.8 Å². The number of hydrogen-bond acceptors (Lipinski definition) is 3. The van der Waals surface area contributed by atoms with Crippen molar-refractivity contribution in [2.75, 3.05) is 5.32 Å². The molecule has 4 nitrogen and oxygen atoms in total. The number of nitrogens with one attached hydrogen (secondary N) is 1. The molecule has 1 heterocycles. The molecule has 0 radical (unpaired) electrons. The Morgan fingerprint density at radius 2 is 2.36 bits per heavy atom. The third kappa shape index (κ3) is 3.33. The second-order valence-corrected chi connectivity index (χ2v) is 3.77. The van der Waals surface area contributed by atoms with Crippen LogP contribution in [-0.2, 0) is 4.74 Å². The number of amides is 1. The van der Waals surface area contributed by atoms with Crippen molar-refractivity contribution in [3.05, 3.63) is 22.8 Å². The SMILES string of the molecule is CC(C)OC(=O)Nc1ncccc1Br. The van der Waals surface area contributed by atoms with Gasteiger partial charge in [-0.3, -0.25) is 5.32 Å². The van der Waals surface area contributed by atoms with Crippen molar-refractivity contribution in [2.24, 2.45) is 0 Å². The molecule has 1 rings (SSSR count). The summed E-state index contributed by atoms with van der Waals surface area (Å²) in [4.78, 5) is 15.1. The van der Waals surface area contributed by atoms with Gasteiger partial charge in [-0.2, -0.15) is 0 Å². The first kappa shape index (κ1) is 11.0. The molecule has 76 valence electrons. The molecule has 1 aromatic rings. The fraction of sp³-hybridized carbons (Fsp3) is 0.333. The van der Waals surface area contributed by atoms with Crippen LogP contribution in [0, 0.1) is 0 Å². The lowest BCUT2D eigenvalue weighted by molar-refractivity contribution is 0.130. The number of hydrogen-bond donors (Lipinski definition) is 1. The summed E-state index contributed by atoms with van der Waals surface area (Å²) in [5.41, 5.74) is 0. The number of ether oxygens (including phenoxy) is 1. The van der Waals surface area contributed by atoms with Gasteiger partial charge in [-0.05, 0) is 41.9 Å². The first-order chi connectivity index (χ1) is 6.59. The van der Waals surface area contributed by atoms with E-state index in [9.17, 15) is 4.79 Å². The van der Waals surface area contributed by atoms with Crippen molar-refractivity contribution in [3.8, 4) is 0 Å². The number of anilines is 1. The van der Waals surface area contributed by atoms with E-state index in [0.29, 0.717) is 5.82 Å². The summed E-state index contributed by atoms with van der Waals surface area (Å²) in [7, 11) is 0. The first-order valence-electron chi connectivity index (χ1n) is 4.17. The average molecular weight is 259 g/mol. The molecule has 0 bridgehead atoms. The van der Waals surface area contributed by atoms with Gasteiger partial charge in [-0.15, -0.1) is 0 Å². The molecule has 1 N–H and O–H groups in total. The van der Waals surface area contributed by atoms with Crippen LogP contribution < -0.4 is 5.32 Å². The molecule has 0 fully saturated rings. The monoisotopic (exact) mass is 258 g/mol. The highest BCUT2D eigenvalue weighted by Gasteiger charge is 2.07. The van der Waals surface area contributed by atoms with Gasteiger partial charge in [0.05, 0.1) is 10.6 Å². The molecule has 0 unspecified atom stereocenters. The van der Waals surface area contributed by atoms with Crippen LogP contribution in [0.3, 0.4) is 0 Å². The molecule has 0 spiro atoms. The number of aromatic nitrogens is 1. The fourth-order valence-electron chi connectivity index (χ4n) is 0.818. The van der Waals surface area contributed by atoms with E-state index in [2.05, 4.69) is 26.2 Å². The predicted octanol–water partition coefficient (Wildman–Crippen LogP) is 2.80. The Morgan fingerprint density at radius 1 is 1.64 bits per heavy atom. The van der Waals surface area contributed by atoms with Crippen molar-refractivity contribution in [1.29, 1.82) is 0 Å². The van der Waals surface area contributed by atoms with Gasteiger partial charge in [0, 0.05) is 6.20 Å². The summed E-state index contributed by atoms with van der Waals surface area (Å²) >= 11 is 3.26. The molecule has 0 saturated carbocycles. The third-order valence-corrected chi connectivity index (χ3v) is 1.96. The van der Waals surface area contributed by atoms with E-state index < -0.39 is 6.09 Å². The van der Waals surface area contributed by atoms with E-state index in [4.69, 9.17) is 4.74 Å². The van der Waals surface area contributed by atoms with Crippen molar-refractivity contribution in [2.45, 2.75) is 20.0 Å². The molecule has 5 heteroatoms. The van der Waals surface area contributed by atoms with Gasteiger partial charge in [0.2, 0.25) is 0 Å². The Morgan fingerprint density at radius 3 is 2.93 bits per heavy atom. The van der Waals surface area contributed by atoms with Crippen LogP contribution in [0.25, 0.3) is 0 Å². The molecular formula is C9H11BrN2O2. The summed E-state index contributed by atoms with van der Waals surface area (Å²) in [5, 5.41) is 2.52. The smallest absolute Gasteiger partial charge is 0.413 e. The van der Waals surface area contributed by atoms with E-state index in [1.807, 2.05) is 0 Å². The zero-order chi connectivity index (χ0) is 10.6. The Kier molecular flexibility index (Phi) is 3.88. The van der Waals surface area contributed by atoms with Crippen LogP contribution in [0.4, 0.5) is 10.6 Å². The quantitative estimate of drug-likeness (QED) is 0.888. The van der Waals surface area contributed by atoms with E-state index in [0.717, 1.165) is 4.47 Å². The van der Waals surface area contributed by atoms with Crippen molar-refractivity contribution in [3.63, 3.8) is 0 Å². The number of rotatable bonds is 2. The van der Waals surface area contributed by atoms with Gasteiger partial charge < -0.3 is 4.74 Å². The van der Waals surface area contributed by atoms with Crippen LogP contribution in [0.15, 0.2) is 22.8 Å². The second kappa shape index (κ2) is 4.95. The second-order valence-electron chi connectivity index (χ2n) is 2.91. The molecule has 0 aromatic carbocycles. The predicted molar refractivity (Wildman–Crippen MR) is 57.2 cm³/mol. The lowest BCUT2D eigenvalue weighted by Crippen LogP contribution is -2.18. The van der Waals surface area contributed by atoms with Gasteiger partial charge in [0.15, 0.2) is 0 Å². The van der Waals surface area contributed by atoms with E-state index >= 15 is 0 Å². The molecule has 0 saturated heterocycles. The van der Waals surface area contributed by atoms with Gasteiger partial charge in [-0.1, -0.05) is 0 Å². The van der Waals surface area contributed by atoms with Crippen molar-refractivity contribution < 1.29 is 9.53 Å². The Hall–Kier alpha value is -1.10. The number of pyridine rings is 1. The normalized spacial score (nSPS) is 10.0. The summed E-state index contributed by atoms with van der Waals surface area (Å²) in [6.45, 7) is 3.57. The van der Waals surface area contributed by atoms with Crippen molar-refractivity contribution in [1.82, 2.24) is 4.98 Å². The minimum atomic E-state index is -0.501. The molecular weight excluding hydrogens is 248 g/mol. The van der Waals surface area contributed by atoms with Gasteiger partial charge >= 0.3 is 6.09 Å². The van der Waals surface area contributed by atoms with Crippen molar-refractivity contribution >= 4 is 27.8 Å². The minimum absolute atomic E-state index is 0.141. The molecule has 0 atom stereocenters. The van der Waals surface area contributed by atoms with Crippen LogP contribution in [0.5, 0.6) is 0 Å². The van der Waals surface area contributed by atoms with E-state index in [1.54, 1.807) is 32.2 Å². The first-order valence-corrected chi connectivity index (χ1v) is 4.97. The summed E-state index contributed by atoms with van der Waals surface area (Å²) in [6.07, 6.45) is 0.951. The highest BCUT2D eigenvalue weighted by Crippen LogP contribution is 2.18. The zero-order valence-electron chi connectivity index (χ0n) is 7.95. The maximum Gasteiger partial charge on any atom is 0.413 e. The van der Waals surface area contributed by atoms with Crippen LogP contribution in [-0.4, -0.2) is 17.2 Å². The Bertz CT molecular complexity index is 328. The lowest BCUT2D eigenvalue weighted by Gasteiger charge is -2.09. The van der Waals surface area contributed by atoms with E-state index in [-0.39, 0.29) is 6.10 Å². The Balaban J connectivity index is 2.61. The number of halogens is 1.